The molecule has 1 aromatic carbocycles. The second kappa shape index (κ2) is 4.49. The molecule has 2 heterocycles. The molecule has 5 nitrogen and oxygen atoms in total. The zero-order chi connectivity index (χ0) is 12.5. The fourth-order valence-electron chi connectivity index (χ4n) is 2.06. The number of aryl methyl sites for hydroxylation is 1. The van der Waals surface area contributed by atoms with E-state index >= 15 is 0 Å². The molecule has 0 fully saturated rings. The van der Waals surface area contributed by atoms with Crippen molar-refractivity contribution in [2.75, 3.05) is 13.2 Å². The summed E-state index contributed by atoms with van der Waals surface area (Å²) in [5.41, 5.74) is 1.82. The van der Waals surface area contributed by atoms with E-state index < -0.39 is 0 Å². The molecule has 2 N–H and O–H groups in total. The second-order valence-electron chi connectivity index (χ2n) is 4.58. The standard InChI is InChI=1S/C13H16N2O3/c1-8(16)2-3-13-14-9-6-11-12(7-10(9)15-13)18-5-4-17-11/h6-8,16H,2-5H2,1H3,(H,14,15). The average Bonchev–Trinajstić information content (AvgIpc) is 2.75. The Kier molecular flexibility index (Phi) is 2.83. The molecular formula is C13H16N2O3. The van der Waals surface area contributed by atoms with Gasteiger partial charge in [-0.3, -0.25) is 0 Å². The summed E-state index contributed by atoms with van der Waals surface area (Å²) in [7, 11) is 0. The van der Waals surface area contributed by atoms with Crippen molar-refractivity contribution in [1.82, 2.24) is 9.97 Å². The molecule has 5 heteroatoms. The number of H-pyrrole nitrogens is 1. The van der Waals surface area contributed by atoms with Crippen LogP contribution in [0.4, 0.5) is 0 Å². The van der Waals surface area contributed by atoms with Crippen molar-refractivity contribution >= 4 is 11.0 Å². The predicted molar refractivity (Wildman–Crippen MR) is 67.1 cm³/mol. The van der Waals surface area contributed by atoms with Crippen LogP contribution in [-0.4, -0.2) is 34.4 Å². The van der Waals surface area contributed by atoms with E-state index in [2.05, 4.69) is 9.97 Å². The molecule has 0 saturated heterocycles. The van der Waals surface area contributed by atoms with Gasteiger partial charge in [0.2, 0.25) is 0 Å². The van der Waals surface area contributed by atoms with Crippen LogP contribution in [0.15, 0.2) is 12.1 Å². The van der Waals surface area contributed by atoms with Crippen LogP contribution < -0.4 is 9.47 Å². The first-order valence-corrected chi connectivity index (χ1v) is 6.18. The Morgan fingerprint density at radius 1 is 1.33 bits per heavy atom. The van der Waals surface area contributed by atoms with Gasteiger partial charge in [-0.2, -0.15) is 0 Å². The maximum Gasteiger partial charge on any atom is 0.163 e. The number of benzene rings is 1. The van der Waals surface area contributed by atoms with Gasteiger partial charge in [-0.25, -0.2) is 4.98 Å². The summed E-state index contributed by atoms with van der Waals surface area (Å²) in [5.74, 6) is 2.40. The van der Waals surface area contributed by atoms with Crippen LogP contribution in [0.1, 0.15) is 19.2 Å². The Morgan fingerprint density at radius 3 is 2.78 bits per heavy atom. The lowest BCUT2D eigenvalue weighted by Crippen LogP contribution is -2.15. The first kappa shape index (κ1) is 11.3. The third-order valence-corrected chi connectivity index (χ3v) is 2.99. The summed E-state index contributed by atoms with van der Waals surface area (Å²) >= 11 is 0. The number of aliphatic hydroxyl groups excluding tert-OH is 1. The number of nitrogens with one attached hydrogen (secondary N) is 1. The summed E-state index contributed by atoms with van der Waals surface area (Å²) in [4.78, 5) is 7.73. The smallest absolute Gasteiger partial charge is 0.163 e. The van der Waals surface area contributed by atoms with Crippen LogP contribution in [-0.2, 0) is 6.42 Å². The van der Waals surface area contributed by atoms with Crippen LogP contribution in [0.3, 0.4) is 0 Å². The summed E-state index contributed by atoms with van der Waals surface area (Å²) in [6.45, 7) is 2.95. The van der Waals surface area contributed by atoms with Crippen LogP contribution in [0, 0.1) is 0 Å². The van der Waals surface area contributed by atoms with Crippen LogP contribution in [0.5, 0.6) is 11.5 Å². The largest absolute Gasteiger partial charge is 0.486 e. The molecule has 1 aliphatic heterocycles. The number of aromatic amines is 1. The van der Waals surface area contributed by atoms with E-state index in [1.807, 2.05) is 12.1 Å². The molecule has 1 aromatic heterocycles. The van der Waals surface area contributed by atoms with Gasteiger partial charge in [0.25, 0.3) is 0 Å². The zero-order valence-corrected chi connectivity index (χ0v) is 10.3. The molecule has 2 aromatic rings. The highest BCUT2D eigenvalue weighted by Gasteiger charge is 2.14. The number of nitrogens with zero attached hydrogens (tertiary/aromatic N) is 1. The van der Waals surface area contributed by atoms with Crippen molar-refractivity contribution in [3.05, 3.63) is 18.0 Å². The Balaban J connectivity index is 1.91. The van der Waals surface area contributed by atoms with Gasteiger partial charge in [-0.15, -0.1) is 0 Å². The minimum Gasteiger partial charge on any atom is -0.486 e. The Bertz CT molecular complexity index is 520. The fourth-order valence-corrected chi connectivity index (χ4v) is 2.06. The quantitative estimate of drug-likeness (QED) is 0.866. The van der Waals surface area contributed by atoms with Gasteiger partial charge in [0.15, 0.2) is 11.5 Å². The fraction of sp³-hybridized carbons (Fsp3) is 0.462. The molecule has 1 unspecified atom stereocenters. The summed E-state index contributed by atoms with van der Waals surface area (Å²) in [6, 6.07) is 3.81. The van der Waals surface area contributed by atoms with Crippen molar-refractivity contribution in [2.24, 2.45) is 0 Å². The number of aliphatic hydroxyl groups is 1. The maximum absolute atomic E-state index is 9.28. The molecule has 96 valence electrons. The molecule has 18 heavy (non-hydrogen) atoms. The molecule has 0 aliphatic carbocycles. The minimum atomic E-state index is -0.307. The third kappa shape index (κ3) is 2.13. The second-order valence-corrected chi connectivity index (χ2v) is 4.58. The van der Waals surface area contributed by atoms with Crippen molar-refractivity contribution in [2.45, 2.75) is 25.9 Å². The lowest BCUT2D eigenvalue weighted by molar-refractivity contribution is 0.172. The highest BCUT2D eigenvalue weighted by molar-refractivity contribution is 5.79. The highest BCUT2D eigenvalue weighted by atomic mass is 16.6. The molecule has 0 saturated carbocycles. The first-order chi connectivity index (χ1) is 8.72. The van der Waals surface area contributed by atoms with Gasteiger partial charge < -0.3 is 19.6 Å². The van der Waals surface area contributed by atoms with Crippen molar-refractivity contribution < 1.29 is 14.6 Å². The van der Waals surface area contributed by atoms with E-state index in [1.165, 1.54) is 0 Å². The molecular weight excluding hydrogens is 232 g/mol. The van der Waals surface area contributed by atoms with Crippen molar-refractivity contribution in [1.29, 1.82) is 0 Å². The first-order valence-electron chi connectivity index (χ1n) is 6.18. The van der Waals surface area contributed by atoms with E-state index in [1.54, 1.807) is 6.92 Å². The lowest BCUT2D eigenvalue weighted by Gasteiger charge is -2.17. The number of aromatic nitrogens is 2. The lowest BCUT2D eigenvalue weighted by atomic mass is 10.2. The molecule has 3 rings (SSSR count). The Labute approximate surface area is 105 Å². The Morgan fingerprint density at radius 2 is 2.06 bits per heavy atom. The number of fused-ring (bicyclic) bond motifs is 2. The number of ether oxygens (including phenoxy) is 2. The van der Waals surface area contributed by atoms with E-state index in [0.29, 0.717) is 19.6 Å². The number of hydrogen-bond donors (Lipinski definition) is 2. The van der Waals surface area contributed by atoms with E-state index in [9.17, 15) is 5.11 Å². The summed E-state index contributed by atoms with van der Waals surface area (Å²) in [5, 5.41) is 9.28. The van der Waals surface area contributed by atoms with Gasteiger partial charge in [-0.1, -0.05) is 0 Å². The van der Waals surface area contributed by atoms with E-state index in [4.69, 9.17) is 9.47 Å². The van der Waals surface area contributed by atoms with Gasteiger partial charge in [0.1, 0.15) is 19.0 Å². The number of hydrogen-bond acceptors (Lipinski definition) is 4. The molecule has 0 amide bonds. The monoisotopic (exact) mass is 248 g/mol. The number of imidazole rings is 1. The summed E-state index contributed by atoms with van der Waals surface area (Å²) < 4.78 is 11.0. The topological polar surface area (TPSA) is 67.4 Å². The molecule has 1 aliphatic rings. The van der Waals surface area contributed by atoms with Crippen molar-refractivity contribution in [3.63, 3.8) is 0 Å². The highest BCUT2D eigenvalue weighted by Crippen LogP contribution is 2.33. The number of rotatable bonds is 3. The van der Waals surface area contributed by atoms with Crippen LogP contribution in [0.2, 0.25) is 0 Å². The molecule has 0 radical (unpaired) electrons. The van der Waals surface area contributed by atoms with Gasteiger partial charge >= 0.3 is 0 Å². The predicted octanol–water partition coefficient (Wildman–Crippen LogP) is 1.65. The molecule has 1 atom stereocenters. The van der Waals surface area contributed by atoms with Gasteiger partial charge in [-0.05, 0) is 13.3 Å². The normalized spacial score (nSPS) is 15.9. The van der Waals surface area contributed by atoms with E-state index in [-0.39, 0.29) is 6.10 Å². The molecule has 0 spiro atoms. The third-order valence-electron chi connectivity index (χ3n) is 2.99. The minimum absolute atomic E-state index is 0.307. The van der Waals surface area contributed by atoms with Crippen LogP contribution in [0.25, 0.3) is 11.0 Å². The summed E-state index contributed by atoms with van der Waals surface area (Å²) in [6.07, 6.45) is 1.13. The van der Waals surface area contributed by atoms with Crippen molar-refractivity contribution in [3.8, 4) is 11.5 Å². The maximum atomic E-state index is 9.28. The average molecular weight is 248 g/mol. The Hall–Kier alpha value is -1.75. The SMILES string of the molecule is CC(O)CCc1nc2cc3c(cc2[nH]1)OCCO3. The molecule has 0 bridgehead atoms. The van der Waals surface area contributed by atoms with Gasteiger partial charge in [0.05, 0.1) is 17.1 Å². The zero-order valence-electron chi connectivity index (χ0n) is 10.3. The van der Waals surface area contributed by atoms with Gasteiger partial charge in [0, 0.05) is 18.6 Å². The van der Waals surface area contributed by atoms with E-state index in [0.717, 1.165) is 34.8 Å². The van der Waals surface area contributed by atoms with Crippen LogP contribution >= 0.6 is 0 Å².